The predicted molar refractivity (Wildman–Crippen MR) is 50.3 cm³/mol. The van der Waals surface area contributed by atoms with Crippen molar-refractivity contribution in [1.29, 1.82) is 0 Å². The molecular formula is C8H9N3O5. The highest BCUT2D eigenvalue weighted by atomic mass is 16.6. The van der Waals surface area contributed by atoms with Gasteiger partial charge in [-0.05, 0) is 0 Å². The monoisotopic (exact) mass is 227 g/mol. The Balaban J connectivity index is 2.85. The summed E-state index contributed by atoms with van der Waals surface area (Å²) in [6.07, 6.45) is 0.620. The third kappa shape index (κ3) is 3.15. The van der Waals surface area contributed by atoms with Gasteiger partial charge in [-0.25, -0.2) is 4.98 Å². The van der Waals surface area contributed by atoms with Crippen molar-refractivity contribution in [2.24, 2.45) is 0 Å². The average Bonchev–Trinajstić information content (AvgIpc) is 2.63. The zero-order valence-corrected chi connectivity index (χ0v) is 8.37. The van der Waals surface area contributed by atoms with Gasteiger partial charge in [0.15, 0.2) is 12.1 Å². The van der Waals surface area contributed by atoms with Crippen LogP contribution in [0.5, 0.6) is 0 Å². The van der Waals surface area contributed by atoms with E-state index in [1.807, 2.05) is 0 Å². The lowest BCUT2D eigenvalue weighted by molar-refractivity contribution is -0.491. The molecule has 0 saturated carbocycles. The Kier molecular flexibility index (Phi) is 3.70. The first-order valence-electron chi connectivity index (χ1n) is 4.32. The van der Waals surface area contributed by atoms with Gasteiger partial charge in [-0.2, -0.15) is 0 Å². The van der Waals surface area contributed by atoms with E-state index >= 15 is 0 Å². The number of rotatable bonds is 5. The fourth-order valence-corrected chi connectivity index (χ4v) is 1.11. The second-order valence-corrected chi connectivity index (χ2v) is 2.96. The van der Waals surface area contributed by atoms with Gasteiger partial charge in [0.25, 0.3) is 0 Å². The number of imidazole rings is 1. The van der Waals surface area contributed by atoms with Gasteiger partial charge in [0, 0.05) is 11.8 Å². The summed E-state index contributed by atoms with van der Waals surface area (Å²) in [6.45, 7) is 0.560. The molecule has 0 spiro atoms. The van der Waals surface area contributed by atoms with Crippen LogP contribution in [0.25, 0.3) is 0 Å². The quantitative estimate of drug-likeness (QED) is 0.330. The van der Waals surface area contributed by atoms with E-state index < -0.39 is 23.5 Å². The number of nitro groups is 1. The number of aromatic nitrogens is 2. The summed E-state index contributed by atoms with van der Waals surface area (Å²) in [6, 6.07) is 0. The zero-order chi connectivity index (χ0) is 12.1. The number of hydrogen-bond donors (Lipinski definition) is 1. The lowest BCUT2D eigenvalue weighted by Gasteiger charge is -2.10. The van der Waals surface area contributed by atoms with Crippen LogP contribution in [0.15, 0.2) is 6.20 Å². The summed E-state index contributed by atoms with van der Waals surface area (Å²) < 4.78 is 4.74. The highest BCUT2D eigenvalue weighted by Crippen LogP contribution is 2.15. The fraction of sp³-hybridized carbons (Fsp3) is 0.375. The fourth-order valence-electron chi connectivity index (χ4n) is 1.11. The topological polar surface area (TPSA) is 115 Å². The summed E-state index contributed by atoms with van der Waals surface area (Å²) in [7, 11) is 0. The van der Waals surface area contributed by atoms with Crippen LogP contribution >= 0.6 is 0 Å². The lowest BCUT2D eigenvalue weighted by atomic mass is 10.3. The molecule has 1 unspecified atom stereocenters. The number of hydrogen-bond acceptors (Lipinski definition) is 6. The molecule has 0 aliphatic heterocycles. The molecule has 0 radical (unpaired) electrons. The maximum Gasteiger partial charge on any atom is 0.303 e. The molecule has 8 heteroatoms. The van der Waals surface area contributed by atoms with Crippen molar-refractivity contribution in [2.45, 2.75) is 13.0 Å². The van der Waals surface area contributed by atoms with Crippen LogP contribution in [-0.4, -0.2) is 33.7 Å². The van der Waals surface area contributed by atoms with Gasteiger partial charge in [-0.15, -0.1) is 0 Å². The number of esters is 1. The molecule has 0 fully saturated rings. The average molecular weight is 227 g/mol. The van der Waals surface area contributed by atoms with Crippen LogP contribution in [0.4, 0.5) is 0 Å². The van der Waals surface area contributed by atoms with E-state index in [1.165, 1.54) is 6.20 Å². The molecular weight excluding hydrogens is 218 g/mol. The number of carbonyl (C=O) groups is 2. The molecule has 0 aromatic carbocycles. The van der Waals surface area contributed by atoms with Crippen molar-refractivity contribution in [3.8, 4) is 0 Å². The standard InChI is InChI=1S/C8H9N3O5/c1-5(13)16-7(3-11(14)15)6-2-9-8(4-12)10-6/h2,4,7H,3H2,1H3,(H,9,10). The van der Waals surface area contributed by atoms with E-state index in [1.54, 1.807) is 0 Å². The summed E-state index contributed by atoms with van der Waals surface area (Å²) in [5.41, 5.74) is 0.217. The summed E-state index contributed by atoms with van der Waals surface area (Å²) in [5.74, 6) is -0.621. The highest BCUT2D eigenvalue weighted by Gasteiger charge is 2.23. The van der Waals surface area contributed by atoms with Crippen LogP contribution in [0.3, 0.4) is 0 Å². The van der Waals surface area contributed by atoms with Crippen LogP contribution in [0.2, 0.25) is 0 Å². The molecule has 0 bridgehead atoms. The minimum atomic E-state index is -1.06. The van der Waals surface area contributed by atoms with Gasteiger partial charge in [-0.1, -0.05) is 0 Å². The molecule has 86 valence electrons. The van der Waals surface area contributed by atoms with E-state index in [2.05, 4.69) is 9.97 Å². The Bertz CT molecular complexity index is 398. The van der Waals surface area contributed by atoms with Crippen LogP contribution in [-0.2, 0) is 9.53 Å². The van der Waals surface area contributed by atoms with Crippen molar-refractivity contribution >= 4 is 12.3 Å². The molecule has 1 rings (SSSR count). The third-order valence-electron chi connectivity index (χ3n) is 1.70. The van der Waals surface area contributed by atoms with Crippen LogP contribution in [0.1, 0.15) is 29.3 Å². The van der Waals surface area contributed by atoms with E-state index in [4.69, 9.17) is 4.74 Å². The Morgan fingerprint density at radius 3 is 2.94 bits per heavy atom. The molecule has 0 aliphatic carbocycles. The van der Waals surface area contributed by atoms with E-state index in [0.717, 1.165) is 6.92 Å². The number of ether oxygens (including phenoxy) is 1. The van der Waals surface area contributed by atoms with Crippen molar-refractivity contribution in [1.82, 2.24) is 9.97 Å². The first-order valence-corrected chi connectivity index (χ1v) is 4.32. The second kappa shape index (κ2) is 5.01. The Labute approximate surface area is 89.8 Å². The van der Waals surface area contributed by atoms with Gasteiger partial charge in [0.1, 0.15) is 0 Å². The van der Waals surface area contributed by atoms with Crippen molar-refractivity contribution in [3.05, 3.63) is 27.8 Å². The third-order valence-corrected chi connectivity index (χ3v) is 1.70. The van der Waals surface area contributed by atoms with Gasteiger partial charge in [0.2, 0.25) is 12.6 Å². The molecule has 0 amide bonds. The predicted octanol–water partition coefficient (Wildman–Crippen LogP) is 0.103. The number of nitrogens with zero attached hydrogens (tertiary/aromatic N) is 2. The second-order valence-electron chi connectivity index (χ2n) is 2.96. The molecule has 16 heavy (non-hydrogen) atoms. The van der Waals surface area contributed by atoms with E-state index in [9.17, 15) is 19.7 Å². The van der Waals surface area contributed by atoms with Crippen LogP contribution < -0.4 is 0 Å². The first-order chi connectivity index (χ1) is 7.52. The lowest BCUT2D eigenvalue weighted by Crippen LogP contribution is -2.18. The Morgan fingerprint density at radius 1 is 1.81 bits per heavy atom. The van der Waals surface area contributed by atoms with Gasteiger partial charge in [0.05, 0.1) is 11.9 Å². The molecule has 0 saturated heterocycles. The zero-order valence-electron chi connectivity index (χ0n) is 8.37. The minimum absolute atomic E-state index is 0.0236. The Hall–Kier alpha value is -2.25. The molecule has 0 aliphatic rings. The maximum absolute atomic E-state index is 10.7. The van der Waals surface area contributed by atoms with Gasteiger partial charge in [-0.3, -0.25) is 19.7 Å². The first kappa shape index (κ1) is 11.8. The van der Waals surface area contributed by atoms with Crippen molar-refractivity contribution in [3.63, 3.8) is 0 Å². The number of H-pyrrole nitrogens is 1. The molecule has 1 N–H and O–H groups in total. The number of aromatic amines is 1. The van der Waals surface area contributed by atoms with Crippen molar-refractivity contribution in [2.75, 3.05) is 6.54 Å². The summed E-state index contributed by atoms with van der Waals surface area (Å²) >= 11 is 0. The number of carbonyl (C=O) groups excluding carboxylic acids is 2. The van der Waals surface area contributed by atoms with Crippen molar-refractivity contribution < 1.29 is 19.2 Å². The van der Waals surface area contributed by atoms with Crippen LogP contribution in [0, 0.1) is 10.1 Å². The normalized spacial score (nSPS) is 11.8. The molecule has 1 heterocycles. The van der Waals surface area contributed by atoms with Gasteiger partial charge < -0.3 is 9.72 Å². The SMILES string of the molecule is CC(=O)OC(C[N+](=O)[O-])c1cnc(C=O)[nH]1. The highest BCUT2D eigenvalue weighted by molar-refractivity contribution is 5.69. The molecule has 1 aromatic heterocycles. The summed E-state index contributed by atoms with van der Waals surface area (Å²) in [4.78, 5) is 37.0. The molecule has 1 aromatic rings. The maximum atomic E-state index is 10.7. The molecule has 1 atom stereocenters. The van der Waals surface area contributed by atoms with E-state index in [-0.39, 0.29) is 11.5 Å². The van der Waals surface area contributed by atoms with Gasteiger partial charge >= 0.3 is 5.97 Å². The molecule has 8 nitrogen and oxygen atoms in total. The number of aldehydes is 1. The van der Waals surface area contributed by atoms with E-state index in [0.29, 0.717) is 6.29 Å². The number of nitrogens with one attached hydrogen (secondary N) is 1. The smallest absolute Gasteiger partial charge is 0.303 e. The largest absolute Gasteiger partial charge is 0.449 e. The Morgan fingerprint density at radius 2 is 2.50 bits per heavy atom. The summed E-state index contributed by atoms with van der Waals surface area (Å²) in [5, 5.41) is 10.4. The minimum Gasteiger partial charge on any atom is -0.449 e.